The Balaban J connectivity index is 1.62. The first-order valence-electron chi connectivity index (χ1n) is 9.53. The largest absolute Gasteiger partial charge is 0.416 e. The van der Waals surface area contributed by atoms with Crippen molar-refractivity contribution in [1.82, 2.24) is 14.8 Å². The molecule has 1 aromatic heterocycles. The molecule has 0 saturated heterocycles. The number of anilines is 1. The van der Waals surface area contributed by atoms with Crippen molar-refractivity contribution < 1.29 is 22.4 Å². The molecule has 30 heavy (non-hydrogen) atoms. The molecule has 0 fully saturated rings. The Morgan fingerprint density at radius 1 is 1.03 bits per heavy atom. The van der Waals surface area contributed by atoms with E-state index in [4.69, 9.17) is 0 Å². The number of benzene rings is 2. The van der Waals surface area contributed by atoms with Crippen LogP contribution in [0.25, 0.3) is 11.4 Å². The summed E-state index contributed by atoms with van der Waals surface area (Å²) in [6, 6.07) is 8.08. The minimum Gasteiger partial charge on any atom is -0.322 e. The second-order valence-corrected chi connectivity index (χ2v) is 7.13. The number of aryl methyl sites for hydroxylation is 1. The van der Waals surface area contributed by atoms with Gasteiger partial charge in [-0.25, -0.2) is 4.39 Å². The summed E-state index contributed by atoms with van der Waals surface area (Å²) in [4.78, 5) is 12.4. The smallest absolute Gasteiger partial charge is 0.322 e. The summed E-state index contributed by atoms with van der Waals surface area (Å²) in [5.74, 6) is -0.0786. The lowest BCUT2D eigenvalue weighted by Crippen LogP contribution is -2.14. The fourth-order valence-electron chi connectivity index (χ4n) is 3.50. The molecule has 0 aliphatic carbocycles. The summed E-state index contributed by atoms with van der Waals surface area (Å²) >= 11 is 0. The third-order valence-corrected chi connectivity index (χ3v) is 5.03. The first-order valence-corrected chi connectivity index (χ1v) is 9.53. The zero-order chi connectivity index (χ0) is 21.3. The van der Waals surface area contributed by atoms with E-state index in [1.54, 1.807) is 0 Å². The molecule has 0 spiro atoms. The molecule has 2 aromatic carbocycles. The van der Waals surface area contributed by atoms with Gasteiger partial charge < -0.3 is 9.88 Å². The highest BCUT2D eigenvalue weighted by Gasteiger charge is 2.31. The zero-order valence-electron chi connectivity index (χ0n) is 15.8. The monoisotopic (exact) mass is 418 g/mol. The van der Waals surface area contributed by atoms with Crippen LogP contribution in [0, 0.1) is 5.82 Å². The van der Waals surface area contributed by atoms with Gasteiger partial charge in [-0.2, -0.15) is 13.2 Å². The number of nitrogens with zero attached hydrogens (tertiary/aromatic N) is 3. The Morgan fingerprint density at radius 2 is 1.87 bits per heavy atom. The number of carbonyl (C=O) groups is 1. The lowest BCUT2D eigenvalue weighted by Gasteiger charge is -2.11. The molecular formula is C21H18F4N4O. The van der Waals surface area contributed by atoms with E-state index in [1.165, 1.54) is 30.3 Å². The SMILES string of the molecule is O=C(Nc1ccc(F)c(-c2nnc3n2CCCCC3)c1)c1cccc(C(F)(F)F)c1. The van der Waals surface area contributed by atoms with Crippen molar-refractivity contribution in [2.24, 2.45) is 0 Å². The van der Waals surface area contributed by atoms with Gasteiger partial charge in [-0.1, -0.05) is 12.5 Å². The van der Waals surface area contributed by atoms with Crippen molar-refractivity contribution in [3.8, 4) is 11.4 Å². The molecule has 1 aliphatic rings. The van der Waals surface area contributed by atoms with Gasteiger partial charge in [0.05, 0.1) is 11.1 Å². The normalized spacial score (nSPS) is 14.1. The van der Waals surface area contributed by atoms with E-state index in [1.807, 2.05) is 4.57 Å². The second kappa shape index (κ2) is 7.89. The fraction of sp³-hybridized carbons (Fsp3) is 0.286. The van der Waals surface area contributed by atoms with Gasteiger partial charge in [-0.3, -0.25) is 4.79 Å². The van der Waals surface area contributed by atoms with Gasteiger partial charge in [0.15, 0.2) is 5.82 Å². The number of halogens is 4. The van der Waals surface area contributed by atoms with Crippen molar-refractivity contribution in [1.29, 1.82) is 0 Å². The Hall–Kier alpha value is -3.23. The number of rotatable bonds is 3. The number of amides is 1. The molecule has 9 heteroatoms. The van der Waals surface area contributed by atoms with Crippen LogP contribution in [-0.4, -0.2) is 20.7 Å². The summed E-state index contributed by atoms with van der Waals surface area (Å²) < 4.78 is 55.1. The highest BCUT2D eigenvalue weighted by Crippen LogP contribution is 2.30. The quantitative estimate of drug-likeness (QED) is 0.604. The predicted molar refractivity (Wildman–Crippen MR) is 102 cm³/mol. The maximum atomic E-state index is 14.5. The molecular weight excluding hydrogens is 400 g/mol. The van der Waals surface area contributed by atoms with Crippen molar-refractivity contribution in [3.63, 3.8) is 0 Å². The van der Waals surface area contributed by atoms with E-state index in [2.05, 4.69) is 15.5 Å². The van der Waals surface area contributed by atoms with Gasteiger partial charge in [-0.05, 0) is 49.2 Å². The molecule has 1 N–H and O–H groups in total. The van der Waals surface area contributed by atoms with Crippen LogP contribution < -0.4 is 5.32 Å². The number of hydrogen-bond acceptors (Lipinski definition) is 3. The molecule has 0 unspecified atom stereocenters. The molecule has 156 valence electrons. The van der Waals surface area contributed by atoms with Gasteiger partial charge in [0.25, 0.3) is 5.91 Å². The third kappa shape index (κ3) is 4.05. The molecule has 3 aromatic rings. The van der Waals surface area contributed by atoms with Crippen molar-refractivity contribution in [2.75, 3.05) is 5.32 Å². The maximum Gasteiger partial charge on any atom is 0.416 e. The van der Waals surface area contributed by atoms with Crippen molar-refractivity contribution in [2.45, 2.75) is 38.4 Å². The van der Waals surface area contributed by atoms with Gasteiger partial charge in [0.2, 0.25) is 0 Å². The summed E-state index contributed by atoms with van der Waals surface area (Å²) in [6.45, 7) is 0.678. The molecule has 0 saturated carbocycles. The minimum atomic E-state index is -4.55. The lowest BCUT2D eigenvalue weighted by atomic mass is 10.1. The zero-order valence-corrected chi connectivity index (χ0v) is 15.8. The fourth-order valence-corrected chi connectivity index (χ4v) is 3.50. The van der Waals surface area contributed by atoms with Crippen LogP contribution in [0.15, 0.2) is 42.5 Å². The van der Waals surface area contributed by atoms with Gasteiger partial charge >= 0.3 is 6.18 Å². The summed E-state index contributed by atoms with van der Waals surface area (Å²) in [5, 5.41) is 10.8. The van der Waals surface area contributed by atoms with Gasteiger partial charge in [0.1, 0.15) is 11.6 Å². The molecule has 1 aliphatic heterocycles. The lowest BCUT2D eigenvalue weighted by molar-refractivity contribution is -0.137. The first-order chi connectivity index (χ1) is 14.3. The van der Waals surface area contributed by atoms with Crippen LogP contribution >= 0.6 is 0 Å². The van der Waals surface area contributed by atoms with E-state index in [9.17, 15) is 22.4 Å². The number of alkyl halides is 3. The molecule has 0 bridgehead atoms. The van der Waals surface area contributed by atoms with Crippen LogP contribution in [0.2, 0.25) is 0 Å². The number of fused-ring (bicyclic) bond motifs is 1. The number of carbonyl (C=O) groups excluding carboxylic acids is 1. The minimum absolute atomic E-state index is 0.146. The van der Waals surface area contributed by atoms with E-state index >= 15 is 0 Å². The van der Waals surface area contributed by atoms with Crippen LogP contribution in [0.3, 0.4) is 0 Å². The van der Waals surface area contributed by atoms with E-state index in [0.717, 1.165) is 43.6 Å². The average molecular weight is 418 g/mol. The van der Waals surface area contributed by atoms with Crippen molar-refractivity contribution in [3.05, 3.63) is 65.2 Å². The molecule has 4 rings (SSSR count). The number of nitrogens with one attached hydrogen (secondary N) is 1. The molecule has 0 radical (unpaired) electrons. The number of hydrogen-bond donors (Lipinski definition) is 1. The molecule has 2 heterocycles. The van der Waals surface area contributed by atoms with E-state index < -0.39 is 23.5 Å². The molecule has 1 amide bonds. The Morgan fingerprint density at radius 3 is 2.67 bits per heavy atom. The van der Waals surface area contributed by atoms with Crippen LogP contribution in [0.5, 0.6) is 0 Å². The van der Waals surface area contributed by atoms with E-state index in [0.29, 0.717) is 12.4 Å². The Bertz CT molecular complexity index is 1090. The maximum absolute atomic E-state index is 14.5. The highest BCUT2D eigenvalue weighted by atomic mass is 19.4. The summed E-state index contributed by atoms with van der Waals surface area (Å²) in [5.41, 5.74) is -0.634. The number of aromatic nitrogens is 3. The highest BCUT2D eigenvalue weighted by molar-refractivity contribution is 6.04. The van der Waals surface area contributed by atoms with Gasteiger partial charge in [0, 0.05) is 24.2 Å². The topological polar surface area (TPSA) is 59.8 Å². The van der Waals surface area contributed by atoms with Crippen molar-refractivity contribution >= 4 is 11.6 Å². The average Bonchev–Trinajstić information content (AvgIpc) is 2.96. The molecule has 0 atom stereocenters. The molecule has 5 nitrogen and oxygen atoms in total. The van der Waals surface area contributed by atoms with Gasteiger partial charge in [-0.15, -0.1) is 10.2 Å². The van der Waals surface area contributed by atoms with Crippen LogP contribution in [0.4, 0.5) is 23.2 Å². The van der Waals surface area contributed by atoms with E-state index in [-0.39, 0.29) is 16.8 Å². The predicted octanol–water partition coefficient (Wildman–Crippen LogP) is 5.08. The second-order valence-electron chi connectivity index (χ2n) is 7.13. The Labute approximate surface area is 169 Å². The summed E-state index contributed by atoms with van der Waals surface area (Å²) in [7, 11) is 0. The van der Waals surface area contributed by atoms with Crippen LogP contribution in [0.1, 0.15) is 41.0 Å². The third-order valence-electron chi connectivity index (χ3n) is 5.03. The van der Waals surface area contributed by atoms with Crippen LogP contribution in [-0.2, 0) is 19.1 Å². The first kappa shape index (κ1) is 20.1. The Kier molecular flexibility index (Phi) is 5.27. The summed E-state index contributed by atoms with van der Waals surface area (Å²) in [6.07, 6.45) is -0.802. The standard InChI is InChI=1S/C21H18F4N4O/c22-17-9-8-15(26-20(30)13-5-4-6-14(11-13)21(23,24)25)12-16(17)19-28-27-18-7-2-1-3-10-29(18)19/h4-6,8-9,11-12H,1-3,7,10H2,(H,26,30).